The Morgan fingerprint density at radius 2 is 2.12 bits per heavy atom. The summed E-state index contributed by atoms with van der Waals surface area (Å²) in [4.78, 5) is 11.8. The van der Waals surface area contributed by atoms with Crippen LogP contribution in [0.3, 0.4) is 0 Å². The lowest BCUT2D eigenvalue weighted by molar-refractivity contribution is -0.125. The number of hydrogen-bond acceptors (Lipinski definition) is 2. The lowest BCUT2D eigenvalue weighted by Gasteiger charge is -2.31. The Balaban J connectivity index is 2.67. The average Bonchev–Trinajstić information content (AvgIpc) is 2.49. The fraction of sp³-hybridized carbons (Fsp3) is 0.929. The number of nitrogens with one attached hydrogen (secondary N) is 1. The molecule has 0 heterocycles. The molecule has 0 aromatic carbocycles. The molecule has 0 radical (unpaired) electrons. The minimum atomic E-state index is -0.436. The molecule has 1 rings (SSSR count). The van der Waals surface area contributed by atoms with Crippen molar-refractivity contribution < 1.29 is 4.79 Å². The molecule has 1 amide bonds. The lowest BCUT2D eigenvalue weighted by Crippen LogP contribution is -2.56. The maximum absolute atomic E-state index is 11.8. The number of rotatable bonds is 5. The van der Waals surface area contributed by atoms with Crippen molar-refractivity contribution >= 4 is 5.91 Å². The number of primary amides is 1. The monoisotopic (exact) mass is 240 g/mol. The molecule has 0 aromatic heterocycles. The van der Waals surface area contributed by atoms with Crippen LogP contribution in [0.4, 0.5) is 0 Å². The second-order valence-corrected chi connectivity index (χ2v) is 5.93. The number of amides is 1. The number of hydrogen-bond donors (Lipinski definition) is 2. The minimum absolute atomic E-state index is 0.157. The van der Waals surface area contributed by atoms with Crippen molar-refractivity contribution in [2.45, 2.75) is 64.8 Å². The largest absolute Gasteiger partial charge is 0.368 e. The van der Waals surface area contributed by atoms with Crippen LogP contribution in [0.25, 0.3) is 0 Å². The summed E-state index contributed by atoms with van der Waals surface area (Å²) in [5, 5.41) is 3.44. The molecule has 0 bridgehead atoms. The molecule has 0 saturated heterocycles. The summed E-state index contributed by atoms with van der Waals surface area (Å²) in [6, 6.07) is 0. The van der Waals surface area contributed by atoms with E-state index in [4.69, 9.17) is 5.73 Å². The Labute approximate surface area is 106 Å². The first-order valence-corrected chi connectivity index (χ1v) is 7.05. The van der Waals surface area contributed by atoms with Gasteiger partial charge in [-0.1, -0.05) is 40.0 Å². The molecular weight excluding hydrogens is 212 g/mol. The highest BCUT2D eigenvalue weighted by Gasteiger charge is 2.37. The molecule has 0 aliphatic heterocycles. The molecule has 3 nitrogen and oxygen atoms in total. The highest BCUT2D eigenvalue weighted by atomic mass is 16.1. The summed E-state index contributed by atoms with van der Waals surface area (Å²) >= 11 is 0. The first-order valence-electron chi connectivity index (χ1n) is 7.05. The molecule has 1 saturated carbocycles. The van der Waals surface area contributed by atoms with Gasteiger partial charge in [0, 0.05) is 0 Å². The smallest absolute Gasteiger partial charge is 0.237 e. The van der Waals surface area contributed by atoms with Crippen molar-refractivity contribution in [2.24, 2.45) is 17.6 Å². The van der Waals surface area contributed by atoms with E-state index in [1.165, 1.54) is 12.8 Å². The van der Waals surface area contributed by atoms with Crippen LogP contribution in [0.2, 0.25) is 0 Å². The van der Waals surface area contributed by atoms with Gasteiger partial charge in [0.1, 0.15) is 0 Å². The van der Waals surface area contributed by atoms with Crippen molar-refractivity contribution in [3.8, 4) is 0 Å². The van der Waals surface area contributed by atoms with Crippen LogP contribution < -0.4 is 11.1 Å². The van der Waals surface area contributed by atoms with E-state index in [9.17, 15) is 4.79 Å². The summed E-state index contributed by atoms with van der Waals surface area (Å²) < 4.78 is 0. The van der Waals surface area contributed by atoms with Crippen LogP contribution in [0.5, 0.6) is 0 Å². The summed E-state index contributed by atoms with van der Waals surface area (Å²) in [5.41, 5.74) is 5.21. The number of nitrogens with two attached hydrogens (primary N) is 1. The maximum Gasteiger partial charge on any atom is 0.237 e. The van der Waals surface area contributed by atoms with Gasteiger partial charge in [-0.05, 0) is 37.6 Å². The van der Waals surface area contributed by atoms with Crippen LogP contribution in [0.1, 0.15) is 59.3 Å². The normalized spacial score (nSPS) is 30.2. The number of carbonyl (C=O) groups excluding carboxylic acids is 1. The quantitative estimate of drug-likeness (QED) is 0.725. The zero-order chi connectivity index (χ0) is 12.9. The van der Waals surface area contributed by atoms with Crippen LogP contribution in [-0.2, 0) is 4.79 Å². The van der Waals surface area contributed by atoms with Crippen LogP contribution in [0.15, 0.2) is 0 Å². The van der Waals surface area contributed by atoms with E-state index in [-0.39, 0.29) is 5.91 Å². The van der Waals surface area contributed by atoms with E-state index in [0.29, 0.717) is 5.92 Å². The summed E-state index contributed by atoms with van der Waals surface area (Å²) in [6.45, 7) is 7.43. The van der Waals surface area contributed by atoms with E-state index >= 15 is 0 Å². The SMILES string of the molecule is CCC1CCCC(NCC(C)C)(C(N)=O)CC1. The summed E-state index contributed by atoms with van der Waals surface area (Å²) in [6.07, 6.45) is 6.53. The van der Waals surface area contributed by atoms with Crippen molar-refractivity contribution in [1.29, 1.82) is 0 Å². The Morgan fingerprint density at radius 3 is 2.65 bits per heavy atom. The standard InChI is InChI=1S/C14H28N2O/c1-4-12-6-5-8-14(9-7-12,13(15)17)16-10-11(2)3/h11-12,16H,4-10H2,1-3H3,(H2,15,17). The topological polar surface area (TPSA) is 55.1 Å². The molecule has 17 heavy (non-hydrogen) atoms. The van der Waals surface area contributed by atoms with Gasteiger partial charge in [-0.15, -0.1) is 0 Å². The fourth-order valence-corrected chi connectivity index (χ4v) is 2.73. The zero-order valence-electron chi connectivity index (χ0n) is 11.6. The molecule has 0 spiro atoms. The molecular formula is C14H28N2O. The van der Waals surface area contributed by atoms with Gasteiger partial charge in [0.15, 0.2) is 0 Å². The van der Waals surface area contributed by atoms with Crippen LogP contribution in [-0.4, -0.2) is 18.0 Å². The molecule has 0 aromatic rings. The first kappa shape index (κ1) is 14.5. The first-order chi connectivity index (χ1) is 8.00. The Hall–Kier alpha value is -0.570. The molecule has 1 fully saturated rings. The summed E-state index contributed by atoms with van der Waals surface area (Å²) in [5.74, 6) is 1.17. The molecule has 3 heteroatoms. The highest BCUT2D eigenvalue weighted by Crippen LogP contribution is 2.32. The minimum Gasteiger partial charge on any atom is -0.368 e. The van der Waals surface area contributed by atoms with Gasteiger partial charge in [0.25, 0.3) is 0 Å². The zero-order valence-corrected chi connectivity index (χ0v) is 11.6. The van der Waals surface area contributed by atoms with Gasteiger partial charge in [0.05, 0.1) is 5.54 Å². The second-order valence-electron chi connectivity index (χ2n) is 5.93. The van der Waals surface area contributed by atoms with E-state index in [2.05, 4.69) is 26.1 Å². The second kappa shape index (κ2) is 6.39. The van der Waals surface area contributed by atoms with Gasteiger partial charge < -0.3 is 11.1 Å². The summed E-state index contributed by atoms with van der Waals surface area (Å²) in [7, 11) is 0. The van der Waals surface area contributed by atoms with Gasteiger partial charge in [-0.25, -0.2) is 0 Å². The Kier molecular flexibility index (Phi) is 5.44. The molecule has 100 valence electrons. The van der Waals surface area contributed by atoms with E-state index in [1.807, 2.05) is 0 Å². The van der Waals surface area contributed by atoms with Gasteiger partial charge in [-0.3, -0.25) is 4.79 Å². The predicted octanol–water partition coefficient (Wildman–Crippen LogP) is 2.45. The van der Waals surface area contributed by atoms with Crippen molar-refractivity contribution in [3.63, 3.8) is 0 Å². The third-order valence-corrected chi connectivity index (χ3v) is 4.09. The molecule has 2 atom stereocenters. The number of carbonyl (C=O) groups is 1. The highest BCUT2D eigenvalue weighted by molar-refractivity contribution is 5.84. The van der Waals surface area contributed by atoms with E-state index in [1.54, 1.807) is 0 Å². The van der Waals surface area contributed by atoms with Crippen LogP contribution in [0, 0.1) is 11.8 Å². The van der Waals surface area contributed by atoms with Gasteiger partial charge in [-0.2, -0.15) is 0 Å². The van der Waals surface area contributed by atoms with Gasteiger partial charge in [0.2, 0.25) is 5.91 Å². The fourth-order valence-electron chi connectivity index (χ4n) is 2.73. The van der Waals surface area contributed by atoms with E-state index in [0.717, 1.165) is 38.1 Å². The average molecular weight is 240 g/mol. The van der Waals surface area contributed by atoms with Crippen molar-refractivity contribution in [2.75, 3.05) is 6.54 Å². The maximum atomic E-state index is 11.8. The molecule has 3 N–H and O–H groups in total. The Morgan fingerprint density at radius 1 is 1.41 bits per heavy atom. The third-order valence-electron chi connectivity index (χ3n) is 4.09. The molecule has 1 aliphatic carbocycles. The van der Waals surface area contributed by atoms with Gasteiger partial charge >= 0.3 is 0 Å². The molecule has 2 unspecified atom stereocenters. The van der Waals surface area contributed by atoms with Crippen molar-refractivity contribution in [3.05, 3.63) is 0 Å². The lowest BCUT2D eigenvalue weighted by atomic mass is 9.88. The predicted molar refractivity (Wildman–Crippen MR) is 71.6 cm³/mol. The molecule has 1 aliphatic rings. The van der Waals surface area contributed by atoms with Crippen molar-refractivity contribution in [1.82, 2.24) is 5.32 Å². The van der Waals surface area contributed by atoms with Crippen LogP contribution >= 0.6 is 0 Å². The Bertz CT molecular complexity index is 253. The third kappa shape index (κ3) is 3.98. The van der Waals surface area contributed by atoms with E-state index < -0.39 is 5.54 Å².